The first-order valence-corrected chi connectivity index (χ1v) is 7.59. The van der Waals surface area contributed by atoms with Crippen molar-refractivity contribution in [3.8, 4) is 0 Å². The van der Waals surface area contributed by atoms with Gasteiger partial charge in [0, 0.05) is 6.54 Å². The molecule has 0 saturated heterocycles. The highest BCUT2D eigenvalue weighted by atomic mass is 19.4. The summed E-state index contributed by atoms with van der Waals surface area (Å²) in [6, 6.07) is 7.98. The number of hydrogen-bond donors (Lipinski definition) is 2. The van der Waals surface area contributed by atoms with Crippen LogP contribution in [-0.2, 0) is 6.18 Å². The number of para-hydroxylation sites is 1. The van der Waals surface area contributed by atoms with E-state index in [1.807, 2.05) is 0 Å². The molecule has 0 aliphatic rings. The van der Waals surface area contributed by atoms with E-state index >= 15 is 0 Å². The van der Waals surface area contributed by atoms with E-state index < -0.39 is 17.6 Å². The van der Waals surface area contributed by atoms with Gasteiger partial charge >= 0.3 is 6.18 Å². The lowest BCUT2D eigenvalue weighted by molar-refractivity contribution is -0.136. The van der Waals surface area contributed by atoms with Crippen LogP contribution in [0.5, 0.6) is 0 Å². The fraction of sp³-hybridized carbons (Fsp3) is 0.294. The summed E-state index contributed by atoms with van der Waals surface area (Å²) < 4.78 is 38.8. The Bertz CT molecular complexity index is 684. The fourth-order valence-electron chi connectivity index (χ4n) is 2.07. The monoisotopic (exact) mass is 337 g/mol. The van der Waals surface area contributed by atoms with E-state index in [0.29, 0.717) is 0 Å². The molecule has 0 aliphatic heterocycles. The third-order valence-electron chi connectivity index (χ3n) is 3.34. The maximum absolute atomic E-state index is 12.9. The van der Waals surface area contributed by atoms with Crippen molar-refractivity contribution in [1.29, 1.82) is 0 Å². The Morgan fingerprint density at radius 3 is 2.54 bits per heavy atom. The van der Waals surface area contributed by atoms with Crippen molar-refractivity contribution in [1.82, 2.24) is 4.98 Å². The molecule has 2 rings (SSSR count). The van der Waals surface area contributed by atoms with Crippen molar-refractivity contribution in [2.75, 3.05) is 17.2 Å². The van der Waals surface area contributed by atoms with Crippen LogP contribution in [0.3, 0.4) is 0 Å². The van der Waals surface area contributed by atoms with Crippen molar-refractivity contribution >= 4 is 17.3 Å². The number of carbonyl (C=O) groups excluding carboxylic acids is 1. The summed E-state index contributed by atoms with van der Waals surface area (Å²) in [7, 11) is 0. The van der Waals surface area contributed by atoms with Gasteiger partial charge in [0.25, 0.3) is 5.91 Å². The number of nitrogens with zero attached hydrogens (tertiary/aromatic N) is 1. The Hall–Kier alpha value is -2.57. The number of nitrogens with one attached hydrogen (secondary N) is 2. The average molecular weight is 337 g/mol. The average Bonchev–Trinajstić information content (AvgIpc) is 2.55. The Kier molecular flexibility index (Phi) is 5.78. The number of carbonyl (C=O) groups is 1. The quantitative estimate of drug-likeness (QED) is 0.760. The molecule has 4 nitrogen and oxygen atoms in total. The van der Waals surface area contributed by atoms with Crippen LogP contribution in [0.4, 0.5) is 24.5 Å². The summed E-state index contributed by atoms with van der Waals surface area (Å²) in [5.41, 5.74) is -0.373. The van der Waals surface area contributed by atoms with Gasteiger partial charge in [-0.05, 0) is 30.7 Å². The molecule has 0 spiro atoms. The molecule has 2 N–H and O–H groups in total. The summed E-state index contributed by atoms with van der Waals surface area (Å²) in [6.45, 7) is 2.87. The minimum atomic E-state index is -4.54. The largest absolute Gasteiger partial charge is 0.418 e. The van der Waals surface area contributed by atoms with Crippen molar-refractivity contribution < 1.29 is 18.0 Å². The zero-order chi connectivity index (χ0) is 17.6. The Morgan fingerprint density at radius 1 is 1.17 bits per heavy atom. The number of aromatic nitrogens is 1. The highest BCUT2D eigenvalue weighted by Crippen LogP contribution is 2.34. The van der Waals surface area contributed by atoms with Gasteiger partial charge in [0.1, 0.15) is 5.69 Å². The van der Waals surface area contributed by atoms with Crippen molar-refractivity contribution in [3.05, 3.63) is 53.9 Å². The third-order valence-corrected chi connectivity index (χ3v) is 3.34. The minimum absolute atomic E-state index is 0.0491. The van der Waals surface area contributed by atoms with Gasteiger partial charge in [-0.3, -0.25) is 4.79 Å². The Labute approximate surface area is 138 Å². The molecule has 1 amide bonds. The summed E-state index contributed by atoms with van der Waals surface area (Å²) in [5, 5.41) is 5.41. The zero-order valence-corrected chi connectivity index (χ0v) is 13.2. The highest BCUT2D eigenvalue weighted by Gasteiger charge is 2.33. The molecule has 2 aromatic rings. The van der Waals surface area contributed by atoms with E-state index in [1.165, 1.54) is 30.5 Å². The lowest BCUT2D eigenvalue weighted by Gasteiger charge is -2.13. The van der Waals surface area contributed by atoms with E-state index in [9.17, 15) is 18.0 Å². The maximum atomic E-state index is 12.9. The molecule has 0 saturated carbocycles. The van der Waals surface area contributed by atoms with Crippen molar-refractivity contribution in [2.45, 2.75) is 25.9 Å². The van der Waals surface area contributed by atoms with Gasteiger partial charge in [0.2, 0.25) is 0 Å². The van der Waals surface area contributed by atoms with Gasteiger partial charge in [-0.25, -0.2) is 4.98 Å². The van der Waals surface area contributed by atoms with Gasteiger partial charge in [-0.2, -0.15) is 13.2 Å². The predicted molar refractivity (Wildman–Crippen MR) is 87.0 cm³/mol. The normalized spacial score (nSPS) is 11.2. The molecule has 24 heavy (non-hydrogen) atoms. The van der Waals surface area contributed by atoms with Crippen LogP contribution in [0.25, 0.3) is 0 Å². The van der Waals surface area contributed by atoms with Crippen molar-refractivity contribution in [2.24, 2.45) is 0 Å². The van der Waals surface area contributed by atoms with Crippen LogP contribution in [0, 0.1) is 0 Å². The zero-order valence-electron chi connectivity index (χ0n) is 13.2. The summed E-state index contributed by atoms with van der Waals surface area (Å²) in [5.74, 6) is -0.688. The smallest absolute Gasteiger partial charge is 0.384 e. The number of hydrogen-bond acceptors (Lipinski definition) is 3. The summed E-state index contributed by atoms with van der Waals surface area (Å²) in [4.78, 5) is 16.1. The molecular formula is C17H18F3N3O. The molecule has 0 radical (unpaired) electrons. The van der Waals surface area contributed by atoms with E-state index in [0.717, 1.165) is 31.1 Å². The number of alkyl halides is 3. The number of halogens is 3. The van der Waals surface area contributed by atoms with Crippen LogP contribution in [0.15, 0.2) is 42.6 Å². The first-order chi connectivity index (χ1) is 11.4. The van der Waals surface area contributed by atoms with E-state index in [1.54, 1.807) is 6.07 Å². The number of unbranched alkanes of at least 4 members (excludes halogenated alkanes) is 1. The molecule has 1 aromatic heterocycles. The topological polar surface area (TPSA) is 54.0 Å². The molecule has 0 atom stereocenters. The van der Waals surface area contributed by atoms with Gasteiger partial charge in [-0.1, -0.05) is 25.5 Å². The molecule has 7 heteroatoms. The van der Waals surface area contributed by atoms with Gasteiger partial charge in [0.05, 0.1) is 23.1 Å². The number of amides is 1. The number of anilines is 2. The minimum Gasteiger partial charge on any atom is -0.384 e. The Morgan fingerprint density at radius 2 is 1.92 bits per heavy atom. The molecule has 0 unspecified atom stereocenters. The maximum Gasteiger partial charge on any atom is 0.418 e. The molecule has 1 aromatic carbocycles. The molecule has 0 aliphatic carbocycles. The number of pyridine rings is 1. The van der Waals surface area contributed by atoms with Gasteiger partial charge in [0.15, 0.2) is 0 Å². The molecular weight excluding hydrogens is 319 g/mol. The third kappa shape index (κ3) is 4.71. The highest BCUT2D eigenvalue weighted by molar-refractivity contribution is 6.03. The van der Waals surface area contributed by atoms with Crippen LogP contribution in [0.2, 0.25) is 0 Å². The first kappa shape index (κ1) is 17.8. The van der Waals surface area contributed by atoms with E-state index in [-0.39, 0.29) is 11.4 Å². The fourth-order valence-corrected chi connectivity index (χ4v) is 2.07. The summed E-state index contributed by atoms with van der Waals surface area (Å²) >= 11 is 0. The van der Waals surface area contributed by atoms with Crippen LogP contribution < -0.4 is 10.6 Å². The lowest BCUT2D eigenvalue weighted by Crippen LogP contribution is -2.17. The van der Waals surface area contributed by atoms with Crippen LogP contribution in [-0.4, -0.2) is 17.4 Å². The first-order valence-electron chi connectivity index (χ1n) is 7.59. The Balaban J connectivity index is 2.08. The van der Waals surface area contributed by atoms with Gasteiger partial charge in [-0.15, -0.1) is 0 Å². The number of benzene rings is 1. The number of rotatable bonds is 6. The molecule has 1 heterocycles. The second-order valence-electron chi connectivity index (χ2n) is 5.21. The van der Waals surface area contributed by atoms with E-state index in [2.05, 4.69) is 22.5 Å². The SMILES string of the molecule is CCCCNc1ccc(C(=O)Nc2ccccc2C(F)(F)F)nc1. The lowest BCUT2D eigenvalue weighted by atomic mass is 10.1. The molecule has 0 bridgehead atoms. The van der Waals surface area contributed by atoms with Crippen LogP contribution >= 0.6 is 0 Å². The van der Waals surface area contributed by atoms with Crippen molar-refractivity contribution in [3.63, 3.8) is 0 Å². The summed E-state index contributed by atoms with van der Waals surface area (Å²) in [6.07, 6.45) is -0.986. The molecule has 128 valence electrons. The molecule has 0 fully saturated rings. The van der Waals surface area contributed by atoms with Gasteiger partial charge < -0.3 is 10.6 Å². The second kappa shape index (κ2) is 7.81. The predicted octanol–water partition coefficient (Wildman–Crippen LogP) is 4.56. The van der Waals surface area contributed by atoms with E-state index in [4.69, 9.17) is 0 Å². The second-order valence-corrected chi connectivity index (χ2v) is 5.21. The van der Waals surface area contributed by atoms with Crippen LogP contribution in [0.1, 0.15) is 35.8 Å². The standard InChI is InChI=1S/C17H18F3N3O/c1-2-3-10-21-12-8-9-15(22-11-12)16(24)23-14-7-5-4-6-13(14)17(18,19)20/h4-9,11,21H,2-3,10H2,1H3,(H,23,24).